The van der Waals surface area contributed by atoms with E-state index >= 15 is 0 Å². The Morgan fingerprint density at radius 1 is 1.19 bits per heavy atom. The summed E-state index contributed by atoms with van der Waals surface area (Å²) >= 11 is 0. The lowest BCUT2D eigenvalue weighted by atomic mass is 9.87. The maximum Gasteiger partial charge on any atom is 0.240 e. The molecule has 1 aromatic rings. The third kappa shape index (κ3) is 5.09. The van der Waals surface area contributed by atoms with E-state index in [1.54, 1.807) is 18.2 Å². The van der Waals surface area contributed by atoms with E-state index in [0.29, 0.717) is 23.9 Å². The first kappa shape index (κ1) is 16.5. The van der Waals surface area contributed by atoms with Gasteiger partial charge in [-0.15, -0.1) is 0 Å². The molecule has 0 unspecified atom stereocenters. The second-order valence-electron chi connectivity index (χ2n) is 5.87. The Bertz CT molecular complexity index is 537. The van der Waals surface area contributed by atoms with E-state index in [2.05, 4.69) is 10.0 Å². The molecule has 1 fully saturated rings. The molecule has 1 saturated carbocycles. The van der Waals surface area contributed by atoms with Gasteiger partial charge >= 0.3 is 0 Å². The molecule has 0 bridgehead atoms. The SMILES string of the molecule is CNCc1cccc(S(=O)(=O)NCCC2CCCCC2)c1. The molecule has 5 heteroatoms. The Morgan fingerprint density at radius 3 is 2.67 bits per heavy atom. The van der Waals surface area contributed by atoms with Crippen molar-refractivity contribution in [2.24, 2.45) is 5.92 Å². The summed E-state index contributed by atoms with van der Waals surface area (Å²) in [6, 6.07) is 7.11. The molecule has 0 spiro atoms. The van der Waals surface area contributed by atoms with Gasteiger partial charge in [0.25, 0.3) is 0 Å². The van der Waals surface area contributed by atoms with Gasteiger partial charge < -0.3 is 5.32 Å². The van der Waals surface area contributed by atoms with Crippen molar-refractivity contribution in [1.29, 1.82) is 0 Å². The molecular weight excluding hydrogens is 284 g/mol. The Labute approximate surface area is 128 Å². The van der Waals surface area contributed by atoms with E-state index in [4.69, 9.17) is 0 Å². The van der Waals surface area contributed by atoms with Crippen LogP contribution in [0.1, 0.15) is 44.1 Å². The molecule has 1 aliphatic carbocycles. The molecule has 118 valence electrons. The minimum absolute atomic E-state index is 0.360. The van der Waals surface area contributed by atoms with Crippen LogP contribution in [0.4, 0.5) is 0 Å². The van der Waals surface area contributed by atoms with Gasteiger partial charge in [0.05, 0.1) is 4.90 Å². The number of sulfonamides is 1. The van der Waals surface area contributed by atoms with E-state index in [1.165, 1.54) is 32.1 Å². The van der Waals surface area contributed by atoms with Crippen LogP contribution >= 0.6 is 0 Å². The van der Waals surface area contributed by atoms with Crippen molar-refractivity contribution >= 4 is 10.0 Å². The van der Waals surface area contributed by atoms with Crippen molar-refractivity contribution in [3.05, 3.63) is 29.8 Å². The average Bonchev–Trinajstić information content (AvgIpc) is 2.49. The molecule has 0 aliphatic heterocycles. The highest BCUT2D eigenvalue weighted by Crippen LogP contribution is 2.25. The minimum Gasteiger partial charge on any atom is -0.316 e. The van der Waals surface area contributed by atoms with Crippen molar-refractivity contribution in [3.63, 3.8) is 0 Å². The van der Waals surface area contributed by atoms with E-state index in [9.17, 15) is 8.42 Å². The van der Waals surface area contributed by atoms with Crippen molar-refractivity contribution in [3.8, 4) is 0 Å². The first-order valence-corrected chi connectivity index (χ1v) is 9.33. The summed E-state index contributed by atoms with van der Waals surface area (Å²) in [6.07, 6.45) is 7.38. The lowest BCUT2D eigenvalue weighted by Crippen LogP contribution is -2.26. The number of hydrogen-bond acceptors (Lipinski definition) is 3. The van der Waals surface area contributed by atoms with Gasteiger partial charge in [-0.2, -0.15) is 0 Å². The predicted octanol–water partition coefficient (Wildman–Crippen LogP) is 2.65. The van der Waals surface area contributed by atoms with Crippen LogP contribution < -0.4 is 10.0 Å². The Kier molecular flexibility index (Phi) is 6.21. The minimum atomic E-state index is -3.38. The number of nitrogens with one attached hydrogen (secondary N) is 2. The summed E-state index contributed by atoms with van der Waals surface area (Å²) in [6.45, 7) is 1.22. The highest BCUT2D eigenvalue weighted by atomic mass is 32.2. The number of hydrogen-bond donors (Lipinski definition) is 2. The van der Waals surface area contributed by atoms with Gasteiger partial charge in [-0.3, -0.25) is 0 Å². The van der Waals surface area contributed by atoms with Crippen molar-refractivity contribution in [2.75, 3.05) is 13.6 Å². The summed E-state index contributed by atoms with van der Waals surface area (Å²) in [5, 5.41) is 3.03. The summed E-state index contributed by atoms with van der Waals surface area (Å²) in [4.78, 5) is 0.360. The maximum absolute atomic E-state index is 12.3. The summed E-state index contributed by atoms with van der Waals surface area (Å²) in [5.74, 6) is 0.692. The number of rotatable bonds is 7. The van der Waals surface area contributed by atoms with Crippen LogP contribution in [0.2, 0.25) is 0 Å². The molecule has 2 N–H and O–H groups in total. The van der Waals surface area contributed by atoms with Gasteiger partial charge in [-0.25, -0.2) is 13.1 Å². The molecule has 0 amide bonds. The zero-order valence-corrected chi connectivity index (χ0v) is 13.6. The fourth-order valence-corrected chi connectivity index (χ4v) is 4.10. The lowest BCUT2D eigenvalue weighted by molar-refractivity contribution is 0.339. The van der Waals surface area contributed by atoms with Crippen molar-refractivity contribution in [2.45, 2.75) is 50.0 Å². The van der Waals surface area contributed by atoms with Gasteiger partial charge in [-0.1, -0.05) is 44.2 Å². The van der Waals surface area contributed by atoms with Gasteiger partial charge in [0.1, 0.15) is 0 Å². The Hall–Kier alpha value is -0.910. The van der Waals surface area contributed by atoms with Crippen molar-refractivity contribution < 1.29 is 8.42 Å². The largest absolute Gasteiger partial charge is 0.316 e. The molecule has 21 heavy (non-hydrogen) atoms. The second-order valence-corrected chi connectivity index (χ2v) is 7.64. The van der Waals surface area contributed by atoms with E-state index in [1.807, 2.05) is 13.1 Å². The van der Waals surface area contributed by atoms with E-state index in [0.717, 1.165) is 12.0 Å². The zero-order valence-electron chi connectivity index (χ0n) is 12.8. The standard InChI is InChI=1S/C16H26N2O2S/c1-17-13-15-8-5-9-16(12-15)21(19,20)18-11-10-14-6-3-2-4-7-14/h5,8-9,12,14,17-18H,2-4,6-7,10-11,13H2,1H3. The predicted molar refractivity (Wildman–Crippen MR) is 85.6 cm³/mol. The van der Waals surface area contributed by atoms with Crippen LogP contribution in [0.5, 0.6) is 0 Å². The third-order valence-electron chi connectivity index (χ3n) is 4.16. The number of benzene rings is 1. The fourth-order valence-electron chi connectivity index (χ4n) is 2.98. The Balaban J connectivity index is 1.90. The molecular formula is C16H26N2O2S. The highest BCUT2D eigenvalue weighted by Gasteiger charge is 2.17. The highest BCUT2D eigenvalue weighted by molar-refractivity contribution is 7.89. The summed E-state index contributed by atoms with van der Waals surface area (Å²) in [5.41, 5.74) is 0.979. The van der Waals surface area contributed by atoms with Gasteiger partial charge in [0, 0.05) is 13.1 Å². The van der Waals surface area contributed by atoms with Crippen LogP contribution in [-0.4, -0.2) is 22.0 Å². The van der Waals surface area contributed by atoms with Crippen LogP contribution in [-0.2, 0) is 16.6 Å². The van der Waals surface area contributed by atoms with Crippen LogP contribution in [0.25, 0.3) is 0 Å². The van der Waals surface area contributed by atoms with Crippen molar-refractivity contribution in [1.82, 2.24) is 10.0 Å². The first-order chi connectivity index (χ1) is 10.1. The zero-order chi connectivity index (χ0) is 15.1. The smallest absolute Gasteiger partial charge is 0.240 e. The van der Waals surface area contributed by atoms with Gasteiger partial charge in [0.15, 0.2) is 0 Å². The van der Waals surface area contributed by atoms with E-state index < -0.39 is 10.0 Å². The lowest BCUT2D eigenvalue weighted by Gasteiger charge is -2.21. The average molecular weight is 310 g/mol. The monoisotopic (exact) mass is 310 g/mol. The van der Waals surface area contributed by atoms with E-state index in [-0.39, 0.29) is 0 Å². The molecule has 0 heterocycles. The first-order valence-electron chi connectivity index (χ1n) is 7.85. The molecule has 0 radical (unpaired) electrons. The molecule has 0 saturated heterocycles. The van der Waals surface area contributed by atoms with Crippen LogP contribution in [0.15, 0.2) is 29.2 Å². The molecule has 0 atom stereocenters. The third-order valence-corrected chi connectivity index (χ3v) is 5.62. The summed E-state index contributed by atoms with van der Waals surface area (Å²) < 4.78 is 27.3. The molecule has 1 aromatic carbocycles. The fraction of sp³-hybridized carbons (Fsp3) is 0.625. The van der Waals surface area contributed by atoms with Gasteiger partial charge in [0.2, 0.25) is 10.0 Å². The topological polar surface area (TPSA) is 58.2 Å². The normalized spacial score (nSPS) is 17.0. The molecule has 0 aromatic heterocycles. The maximum atomic E-state index is 12.3. The molecule has 1 aliphatic rings. The molecule has 4 nitrogen and oxygen atoms in total. The summed E-state index contributed by atoms with van der Waals surface area (Å²) in [7, 11) is -1.53. The second kappa shape index (κ2) is 7.92. The molecule has 2 rings (SSSR count). The van der Waals surface area contributed by atoms with Crippen LogP contribution in [0.3, 0.4) is 0 Å². The van der Waals surface area contributed by atoms with Gasteiger partial charge in [-0.05, 0) is 37.1 Å². The Morgan fingerprint density at radius 2 is 1.95 bits per heavy atom. The quantitative estimate of drug-likeness (QED) is 0.814. The van der Waals surface area contributed by atoms with Crippen LogP contribution in [0, 0.1) is 5.92 Å².